The predicted octanol–water partition coefficient (Wildman–Crippen LogP) is 2.34. The van der Waals surface area contributed by atoms with Crippen molar-refractivity contribution in [3.05, 3.63) is 75.7 Å². The van der Waals surface area contributed by atoms with Crippen LogP contribution < -0.4 is 11.5 Å². The average Bonchev–Trinajstić information content (AvgIpc) is 2.75. The van der Waals surface area contributed by atoms with Crippen molar-refractivity contribution >= 4 is 53.0 Å². The highest BCUT2D eigenvalue weighted by atomic mass is 32.2. The third kappa shape index (κ3) is 5.98. The summed E-state index contributed by atoms with van der Waals surface area (Å²) in [5, 5.41) is 0. The topological polar surface area (TPSA) is 228 Å². The Balaban J connectivity index is 2.54. The Morgan fingerprint density at radius 2 is 1.24 bits per heavy atom. The molecule has 3 rings (SSSR count). The van der Waals surface area contributed by atoms with E-state index in [0.717, 1.165) is 18.2 Å². The van der Waals surface area contributed by atoms with E-state index in [1.807, 2.05) is 0 Å². The summed E-state index contributed by atoms with van der Waals surface area (Å²) in [5.41, 5.74) is 11.5. The van der Waals surface area contributed by atoms with Crippen LogP contribution in [0, 0.1) is 0 Å². The number of nitrogens with two attached hydrogens (primary N) is 2. The molecule has 37 heavy (non-hydrogen) atoms. The van der Waals surface area contributed by atoms with Gasteiger partial charge in [0.05, 0.1) is 17.1 Å². The molecule has 12 nitrogen and oxygen atoms in total. The van der Waals surface area contributed by atoms with E-state index in [1.165, 1.54) is 37.3 Å². The molecule has 0 atom stereocenters. The van der Waals surface area contributed by atoms with Crippen molar-refractivity contribution < 1.29 is 38.9 Å². The van der Waals surface area contributed by atoms with Gasteiger partial charge >= 0.3 is 0 Å². The summed E-state index contributed by atoms with van der Waals surface area (Å²) in [4.78, 5) is 2.27. The van der Waals surface area contributed by atoms with Gasteiger partial charge in [-0.1, -0.05) is 12.1 Å². The molecule has 0 fully saturated rings. The lowest BCUT2D eigenvalue weighted by atomic mass is 9.89. The van der Waals surface area contributed by atoms with Gasteiger partial charge in [-0.05, 0) is 78.1 Å². The number of hydrogen-bond acceptors (Lipinski definition) is 9. The number of aliphatic imine (C=N–C) groups is 1. The first-order chi connectivity index (χ1) is 16.9. The number of allylic oxidation sites excluding steroid dienone is 5. The van der Waals surface area contributed by atoms with Crippen molar-refractivity contribution in [2.24, 2.45) is 4.99 Å². The Morgan fingerprint density at radius 3 is 1.62 bits per heavy atom. The van der Waals surface area contributed by atoms with Crippen LogP contribution in [0.5, 0.6) is 0 Å². The summed E-state index contributed by atoms with van der Waals surface area (Å²) in [6, 6.07) is 7.09. The van der Waals surface area contributed by atoms with Crippen molar-refractivity contribution in [2.75, 3.05) is 18.0 Å². The lowest BCUT2D eigenvalue weighted by molar-refractivity contribution is 0.481. The molecule has 7 N–H and O–H groups in total. The van der Waals surface area contributed by atoms with Crippen molar-refractivity contribution in [3.8, 4) is 0 Å². The third-order valence-corrected chi connectivity index (χ3v) is 7.99. The zero-order valence-electron chi connectivity index (χ0n) is 19.4. The Kier molecular flexibility index (Phi) is 7.51. The molecule has 198 valence electrons. The van der Waals surface area contributed by atoms with E-state index in [-0.39, 0.29) is 45.9 Å². The van der Waals surface area contributed by atoms with Crippen LogP contribution in [0.15, 0.2) is 79.4 Å². The predicted molar refractivity (Wildman–Crippen MR) is 139 cm³/mol. The SMILES string of the molecule is CCN=C1C(C)=CC(=C(c2ccc(N)c(S(=O)(=O)O)c2)c2ccc(N)c(S(=O)(=O)O)c2)C=C1S(=O)(=O)O. The second-order valence-corrected chi connectivity index (χ2v) is 12.1. The fraction of sp³-hybridized carbons (Fsp3) is 0.136. The summed E-state index contributed by atoms with van der Waals surface area (Å²) in [7, 11) is -14.4. The molecule has 0 unspecified atom stereocenters. The first-order valence-corrected chi connectivity index (χ1v) is 14.7. The molecule has 1 aliphatic rings. The van der Waals surface area contributed by atoms with E-state index in [0.29, 0.717) is 5.57 Å². The van der Waals surface area contributed by atoms with Gasteiger partial charge in [0.1, 0.15) is 14.7 Å². The molecule has 0 saturated carbocycles. The first-order valence-electron chi connectivity index (χ1n) is 10.4. The minimum atomic E-state index is -4.79. The zero-order valence-corrected chi connectivity index (χ0v) is 21.9. The second-order valence-electron chi connectivity index (χ2n) is 7.92. The molecule has 0 heterocycles. The highest BCUT2D eigenvalue weighted by molar-refractivity contribution is 7.91. The van der Waals surface area contributed by atoms with Crippen LogP contribution in [0.2, 0.25) is 0 Å². The fourth-order valence-electron chi connectivity index (χ4n) is 3.78. The molecule has 0 bridgehead atoms. The molecule has 0 aromatic heterocycles. The van der Waals surface area contributed by atoms with Gasteiger partial charge in [-0.3, -0.25) is 18.7 Å². The molecule has 15 heteroatoms. The zero-order chi connectivity index (χ0) is 27.9. The van der Waals surface area contributed by atoms with Gasteiger partial charge in [-0.25, -0.2) is 0 Å². The van der Waals surface area contributed by atoms with E-state index in [9.17, 15) is 38.9 Å². The molecule has 0 aliphatic heterocycles. The average molecular weight is 570 g/mol. The maximum Gasteiger partial charge on any atom is 0.296 e. The van der Waals surface area contributed by atoms with Gasteiger partial charge in [0, 0.05) is 6.54 Å². The standard InChI is InChI=1S/C22H23N3O9S3/c1-3-25-22-12(2)8-15(11-20(22)37(32,33)34)21(13-4-6-16(23)18(9-13)35(26,27)28)14-5-7-17(24)19(10-14)36(29,30)31/h4-11H,3,23-24H2,1-2H3,(H,26,27,28)(H,29,30,31)(H,32,33,34). The third-order valence-electron chi connectivity index (χ3n) is 5.31. The summed E-state index contributed by atoms with van der Waals surface area (Å²) in [5.74, 6) is 0. The van der Waals surface area contributed by atoms with E-state index < -0.39 is 45.1 Å². The molecule has 2 aromatic rings. The van der Waals surface area contributed by atoms with Crippen molar-refractivity contribution in [3.63, 3.8) is 0 Å². The highest BCUT2D eigenvalue weighted by Gasteiger charge is 2.28. The van der Waals surface area contributed by atoms with Crippen LogP contribution in [0.4, 0.5) is 11.4 Å². The Bertz CT molecular complexity index is 1670. The van der Waals surface area contributed by atoms with Gasteiger partial charge in [0.15, 0.2) is 0 Å². The van der Waals surface area contributed by atoms with E-state index >= 15 is 0 Å². The number of rotatable bonds is 6. The molecule has 0 saturated heterocycles. The number of hydrogen-bond donors (Lipinski definition) is 5. The molecular formula is C22H23N3O9S3. The summed E-state index contributed by atoms with van der Waals surface area (Å²) in [6.45, 7) is 3.39. The fourth-order valence-corrected chi connectivity index (χ4v) is 5.80. The van der Waals surface area contributed by atoms with Gasteiger partial charge in [0.2, 0.25) is 0 Å². The summed E-state index contributed by atoms with van der Waals surface area (Å²) < 4.78 is 101. The normalized spacial score (nSPS) is 15.9. The quantitative estimate of drug-likeness (QED) is 0.250. The molecule has 0 spiro atoms. The van der Waals surface area contributed by atoms with Crippen LogP contribution in [0.1, 0.15) is 25.0 Å². The van der Waals surface area contributed by atoms with Crippen LogP contribution in [-0.4, -0.2) is 51.2 Å². The lowest BCUT2D eigenvalue weighted by Gasteiger charge is -2.20. The summed E-state index contributed by atoms with van der Waals surface area (Å²) in [6.07, 6.45) is 2.57. The van der Waals surface area contributed by atoms with E-state index in [1.54, 1.807) is 6.92 Å². The number of nitrogens with zero attached hydrogens (tertiary/aromatic N) is 1. The molecule has 1 aliphatic carbocycles. The van der Waals surface area contributed by atoms with Crippen LogP contribution in [-0.2, 0) is 30.4 Å². The minimum Gasteiger partial charge on any atom is -0.398 e. The largest absolute Gasteiger partial charge is 0.398 e. The maximum atomic E-state index is 12.2. The van der Waals surface area contributed by atoms with E-state index in [2.05, 4.69) is 4.99 Å². The van der Waals surface area contributed by atoms with Crippen LogP contribution in [0.25, 0.3) is 5.57 Å². The molecular weight excluding hydrogens is 546 g/mol. The Morgan fingerprint density at radius 1 is 0.784 bits per heavy atom. The molecule has 0 radical (unpaired) electrons. The monoisotopic (exact) mass is 569 g/mol. The van der Waals surface area contributed by atoms with Gasteiger partial charge in [0.25, 0.3) is 30.4 Å². The molecule has 2 aromatic carbocycles. The van der Waals surface area contributed by atoms with Crippen LogP contribution in [0.3, 0.4) is 0 Å². The highest BCUT2D eigenvalue weighted by Crippen LogP contribution is 2.37. The summed E-state index contributed by atoms with van der Waals surface area (Å²) >= 11 is 0. The second kappa shape index (κ2) is 9.85. The van der Waals surface area contributed by atoms with E-state index in [4.69, 9.17) is 11.5 Å². The maximum absolute atomic E-state index is 12.2. The first kappa shape index (κ1) is 28.2. The number of benzene rings is 2. The van der Waals surface area contributed by atoms with Gasteiger partial charge in [-0.2, -0.15) is 25.3 Å². The van der Waals surface area contributed by atoms with Crippen molar-refractivity contribution in [2.45, 2.75) is 23.6 Å². The van der Waals surface area contributed by atoms with Crippen LogP contribution >= 0.6 is 0 Å². The van der Waals surface area contributed by atoms with Gasteiger partial charge in [-0.15, -0.1) is 0 Å². The Hall–Kier alpha value is -3.34. The number of anilines is 2. The van der Waals surface area contributed by atoms with Crippen molar-refractivity contribution in [1.29, 1.82) is 0 Å². The van der Waals surface area contributed by atoms with Gasteiger partial charge < -0.3 is 11.5 Å². The smallest absolute Gasteiger partial charge is 0.296 e. The van der Waals surface area contributed by atoms with Crippen molar-refractivity contribution in [1.82, 2.24) is 0 Å². The number of nitrogen functional groups attached to an aromatic ring is 2. The Labute approximate surface area is 214 Å². The lowest BCUT2D eigenvalue weighted by Crippen LogP contribution is -2.18. The molecule has 0 amide bonds. The minimum absolute atomic E-state index is 0.0000350.